The topological polar surface area (TPSA) is 65.7 Å². The zero-order chi connectivity index (χ0) is 10.3. The molecule has 1 heterocycles. The van der Waals surface area contributed by atoms with Crippen LogP contribution in [0.1, 0.15) is 6.42 Å². The van der Waals surface area contributed by atoms with E-state index in [0.29, 0.717) is 6.17 Å². The molecule has 0 saturated carbocycles. The second-order valence-corrected chi connectivity index (χ2v) is 5.77. The number of hydrogen-bond donors (Lipinski definition) is 2. The summed E-state index contributed by atoms with van der Waals surface area (Å²) in [5, 5.41) is 2.99. The Balaban J connectivity index is 0.000000243. The summed E-state index contributed by atoms with van der Waals surface area (Å²) in [6.45, 7) is 2.94. The lowest BCUT2D eigenvalue weighted by Crippen LogP contribution is -2.49. The summed E-state index contributed by atoms with van der Waals surface area (Å²) in [6, 6.07) is 0. The van der Waals surface area contributed by atoms with Crippen LogP contribution in [-0.2, 0) is 13.3 Å². The lowest BCUT2D eigenvalue weighted by molar-refractivity contribution is 0.132. The Labute approximate surface area is 80.9 Å². The highest BCUT2D eigenvalue weighted by Gasteiger charge is 2.29. The molecule has 5 nitrogen and oxygen atoms in total. The normalized spacial score (nSPS) is 21.5. The van der Waals surface area contributed by atoms with Crippen molar-refractivity contribution < 1.29 is 13.3 Å². The second-order valence-electron chi connectivity index (χ2n) is 2.82. The molecule has 1 atom stereocenters. The molecule has 0 radical (unpaired) electrons. The van der Waals surface area contributed by atoms with Gasteiger partial charge in [0, 0.05) is 27.9 Å². The number of hydrogen-bond acceptors (Lipinski definition) is 5. The molecule has 1 rings (SSSR count). The highest BCUT2D eigenvalue weighted by atomic mass is 28.4. The Morgan fingerprint density at radius 1 is 1.23 bits per heavy atom. The summed E-state index contributed by atoms with van der Waals surface area (Å²) in [5.41, 5.74) is 5.27. The molecule has 0 aromatic rings. The van der Waals surface area contributed by atoms with Gasteiger partial charge in [-0.3, -0.25) is 0 Å². The Morgan fingerprint density at radius 3 is 1.54 bits per heavy atom. The van der Waals surface area contributed by atoms with E-state index in [1.54, 1.807) is 21.3 Å². The highest BCUT2D eigenvalue weighted by molar-refractivity contribution is 6.58. The first-order valence-corrected chi connectivity index (χ1v) is 6.45. The molecule has 13 heavy (non-hydrogen) atoms. The van der Waals surface area contributed by atoms with E-state index in [9.17, 15) is 0 Å². The first-order chi connectivity index (χ1) is 6.08. The van der Waals surface area contributed by atoms with Crippen molar-refractivity contribution in [3.8, 4) is 0 Å². The Hall–Kier alpha value is 0.0169. The van der Waals surface area contributed by atoms with E-state index in [4.69, 9.17) is 19.0 Å². The molecule has 1 unspecified atom stereocenters. The third kappa shape index (κ3) is 5.35. The van der Waals surface area contributed by atoms with Crippen molar-refractivity contribution in [3.63, 3.8) is 0 Å². The lowest BCUT2D eigenvalue weighted by Gasteiger charge is -2.21. The van der Waals surface area contributed by atoms with E-state index in [1.165, 1.54) is 0 Å². The van der Waals surface area contributed by atoms with E-state index in [1.807, 2.05) is 6.55 Å². The fourth-order valence-electron chi connectivity index (χ4n) is 0.561. The van der Waals surface area contributed by atoms with Crippen LogP contribution in [0.4, 0.5) is 0 Å². The maximum absolute atomic E-state index is 5.27. The minimum atomic E-state index is -2.17. The summed E-state index contributed by atoms with van der Waals surface area (Å²) in [7, 11) is 2.58. The molecule has 1 aliphatic rings. The van der Waals surface area contributed by atoms with Crippen molar-refractivity contribution in [2.45, 2.75) is 19.1 Å². The fraction of sp³-hybridized carbons (Fsp3) is 1.00. The number of rotatable bonds is 3. The zero-order valence-corrected chi connectivity index (χ0v) is 9.79. The van der Waals surface area contributed by atoms with Gasteiger partial charge in [0.25, 0.3) is 0 Å². The van der Waals surface area contributed by atoms with E-state index in [0.717, 1.165) is 13.0 Å². The summed E-state index contributed by atoms with van der Waals surface area (Å²) in [4.78, 5) is 0. The molecule has 0 bridgehead atoms. The van der Waals surface area contributed by atoms with Crippen molar-refractivity contribution in [2.75, 3.05) is 27.9 Å². The minimum Gasteiger partial charge on any atom is -0.377 e. The summed E-state index contributed by atoms with van der Waals surface area (Å²) < 4.78 is 14.8. The van der Waals surface area contributed by atoms with Gasteiger partial charge in [0.2, 0.25) is 0 Å². The molecule has 6 heteroatoms. The van der Waals surface area contributed by atoms with Crippen LogP contribution in [0.15, 0.2) is 0 Å². The van der Waals surface area contributed by atoms with Gasteiger partial charge in [0.1, 0.15) is 0 Å². The summed E-state index contributed by atoms with van der Waals surface area (Å²) in [5.74, 6) is 0. The average molecular weight is 208 g/mol. The van der Waals surface area contributed by atoms with Crippen molar-refractivity contribution in [3.05, 3.63) is 0 Å². The van der Waals surface area contributed by atoms with E-state index >= 15 is 0 Å². The van der Waals surface area contributed by atoms with Crippen molar-refractivity contribution in [2.24, 2.45) is 5.73 Å². The van der Waals surface area contributed by atoms with Crippen LogP contribution < -0.4 is 11.1 Å². The van der Waals surface area contributed by atoms with E-state index in [2.05, 4.69) is 5.32 Å². The molecule has 1 aliphatic heterocycles. The maximum Gasteiger partial charge on any atom is 0.496 e. The van der Waals surface area contributed by atoms with Gasteiger partial charge >= 0.3 is 8.80 Å². The molecular formula is C7H20N2O3Si. The first-order valence-electron chi connectivity index (χ1n) is 4.22. The molecule has 0 aromatic heterocycles. The van der Waals surface area contributed by atoms with Gasteiger partial charge in [-0.15, -0.1) is 0 Å². The first kappa shape index (κ1) is 13.0. The van der Waals surface area contributed by atoms with Gasteiger partial charge in [0.05, 0.1) is 6.17 Å². The standard InChI is InChI=1S/C4H12O3Si.C3H8N2/c1-5-8(4,6-2)7-3;4-3-1-2-5-3/h1-4H3;3,5H,1-2,4H2. The second kappa shape index (κ2) is 6.47. The van der Waals surface area contributed by atoms with Gasteiger partial charge in [-0.25, -0.2) is 0 Å². The van der Waals surface area contributed by atoms with Crippen molar-refractivity contribution in [1.29, 1.82) is 0 Å². The smallest absolute Gasteiger partial charge is 0.377 e. The third-order valence-electron chi connectivity index (χ3n) is 1.97. The van der Waals surface area contributed by atoms with Crippen molar-refractivity contribution >= 4 is 8.80 Å². The molecule has 0 amide bonds. The molecule has 0 aromatic carbocycles. The average Bonchev–Trinajstić information content (AvgIpc) is 2.14. The number of nitrogens with two attached hydrogens (primary N) is 1. The molecule has 0 spiro atoms. The largest absolute Gasteiger partial charge is 0.496 e. The molecule has 3 N–H and O–H groups in total. The van der Waals surface area contributed by atoms with Crippen LogP contribution in [0.25, 0.3) is 0 Å². The highest BCUT2D eigenvalue weighted by Crippen LogP contribution is 2.02. The number of nitrogens with one attached hydrogen (secondary N) is 1. The molecule has 80 valence electrons. The van der Waals surface area contributed by atoms with Gasteiger partial charge < -0.3 is 24.3 Å². The van der Waals surface area contributed by atoms with Crippen LogP contribution in [0.5, 0.6) is 0 Å². The predicted molar refractivity (Wildman–Crippen MR) is 53.2 cm³/mol. The quantitative estimate of drug-likeness (QED) is 0.627. The summed E-state index contributed by atoms with van der Waals surface area (Å²) >= 11 is 0. The molecular weight excluding hydrogens is 188 g/mol. The fourth-order valence-corrected chi connectivity index (χ4v) is 1.06. The van der Waals surface area contributed by atoms with Crippen molar-refractivity contribution in [1.82, 2.24) is 5.32 Å². The molecule has 1 fully saturated rings. The third-order valence-corrected chi connectivity index (χ3v) is 4.20. The van der Waals surface area contributed by atoms with Crippen LogP contribution in [0.3, 0.4) is 0 Å². The van der Waals surface area contributed by atoms with Crippen LogP contribution >= 0.6 is 0 Å². The van der Waals surface area contributed by atoms with Crippen LogP contribution in [-0.4, -0.2) is 42.8 Å². The lowest BCUT2D eigenvalue weighted by atomic mass is 10.2. The Morgan fingerprint density at radius 2 is 1.54 bits per heavy atom. The molecule has 1 saturated heterocycles. The van der Waals surface area contributed by atoms with Gasteiger partial charge in [-0.2, -0.15) is 0 Å². The van der Waals surface area contributed by atoms with Crippen LogP contribution in [0, 0.1) is 0 Å². The van der Waals surface area contributed by atoms with Gasteiger partial charge in [-0.05, 0) is 13.0 Å². The van der Waals surface area contributed by atoms with Gasteiger partial charge in [-0.1, -0.05) is 0 Å². The monoisotopic (exact) mass is 208 g/mol. The van der Waals surface area contributed by atoms with Crippen LogP contribution in [0.2, 0.25) is 6.55 Å². The maximum atomic E-state index is 5.27. The van der Waals surface area contributed by atoms with Gasteiger partial charge in [0.15, 0.2) is 0 Å². The molecule has 0 aliphatic carbocycles. The SMILES string of the molecule is CO[Si](C)(OC)OC.NC1CCN1. The summed E-state index contributed by atoms with van der Waals surface area (Å²) in [6.07, 6.45) is 1.47. The van der Waals surface area contributed by atoms with E-state index in [-0.39, 0.29) is 0 Å². The predicted octanol–water partition coefficient (Wildman–Crippen LogP) is -0.241. The Bertz CT molecular complexity index is 121. The van der Waals surface area contributed by atoms with E-state index < -0.39 is 8.80 Å². The minimum absolute atomic E-state index is 0.315. The Kier molecular flexibility index (Phi) is 6.48. The zero-order valence-electron chi connectivity index (χ0n) is 8.79.